The molecule has 0 atom stereocenters. The highest BCUT2D eigenvalue weighted by atomic mass is 127. The van der Waals surface area contributed by atoms with Crippen LogP contribution in [0.15, 0.2) is 11.8 Å². The second kappa shape index (κ2) is 6.96. The van der Waals surface area contributed by atoms with Gasteiger partial charge >= 0.3 is 11.9 Å². The van der Waals surface area contributed by atoms with Crippen LogP contribution in [0.3, 0.4) is 0 Å². The molecule has 5 nitrogen and oxygen atoms in total. The average molecular weight is 368 g/mol. The molecule has 0 spiro atoms. The highest BCUT2D eigenvalue weighted by Crippen LogP contribution is 2.38. The molecular weight excluding hydrogens is 351 g/mol. The van der Waals surface area contributed by atoms with Crippen LogP contribution in [-0.4, -0.2) is 25.2 Å². The molecule has 0 aromatic heterocycles. The Bertz CT molecular complexity index is 332. The van der Waals surface area contributed by atoms with Gasteiger partial charge in [-0.15, -0.1) is 0 Å². The molecule has 0 saturated heterocycles. The highest BCUT2D eigenvalue weighted by Gasteiger charge is 2.49. The predicted molar refractivity (Wildman–Crippen MR) is 72.7 cm³/mol. The smallest absolute Gasteiger partial charge is 0.323 e. The molecule has 0 N–H and O–H groups in total. The summed E-state index contributed by atoms with van der Waals surface area (Å²) in [6, 6.07) is 0. The second-order valence-corrected chi connectivity index (χ2v) is 4.42. The van der Waals surface area contributed by atoms with E-state index in [1.807, 2.05) is 0 Å². The number of hydrogen-bond acceptors (Lipinski definition) is 5. The molecule has 0 aliphatic heterocycles. The van der Waals surface area contributed by atoms with Crippen molar-refractivity contribution in [1.29, 1.82) is 0 Å². The van der Waals surface area contributed by atoms with Crippen molar-refractivity contribution >= 4 is 34.9 Å². The maximum absolute atomic E-state index is 12.0. The van der Waals surface area contributed by atoms with Gasteiger partial charge in [-0.1, -0.05) is 0 Å². The first-order chi connectivity index (χ1) is 8.60. The summed E-state index contributed by atoms with van der Waals surface area (Å²) in [5.41, 5.74) is -1.20. The van der Waals surface area contributed by atoms with Gasteiger partial charge in [-0.25, -0.2) is 0 Å². The first-order valence-electron chi connectivity index (χ1n) is 5.92. The van der Waals surface area contributed by atoms with E-state index in [9.17, 15) is 9.59 Å². The summed E-state index contributed by atoms with van der Waals surface area (Å²) in [7, 11) is 0. The van der Waals surface area contributed by atoms with E-state index in [4.69, 9.17) is 12.5 Å². The van der Waals surface area contributed by atoms with Crippen LogP contribution >= 0.6 is 23.0 Å². The van der Waals surface area contributed by atoms with Gasteiger partial charge < -0.3 is 12.5 Å². The summed E-state index contributed by atoms with van der Waals surface area (Å²) >= 11 is 1.79. The van der Waals surface area contributed by atoms with Gasteiger partial charge in [-0.2, -0.15) is 0 Å². The lowest BCUT2D eigenvalue weighted by molar-refractivity contribution is -0.173. The number of rotatable bonds is 5. The molecule has 18 heavy (non-hydrogen) atoms. The van der Waals surface area contributed by atoms with E-state index in [1.165, 1.54) is 0 Å². The third kappa shape index (κ3) is 3.15. The fourth-order valence-corrected chi connectivity index (χ4v) is 2.29. The van der Waals surface area contributed by atoms with Gasteiger partial charge in [0.1, 0.15) is 5.76 Å². The lowest BCUT2D eigenvalue weighted by Crippen LogP contribution is -2.43. The molecule has 1 rings (SSSR count). The molecule has 0 amide bonds. The Labute approximate surface area is 121 Å². The van der Waals surface area contributed by atoms with Crippen LogP contribution in [0.25, 0.3) is 0 Å². The Balaban J connectivity index is 2.93. The van der Waals surface area contributed by atoms with Crippen molar-refractivity contribution in [2.45, 2.75) is 33.1 Å². The zero-order valence-electron chi connectivity index (χ0n) is 10.5. The largest absolute Gasteiger partial charge is 0.465 e. The Morgan fingerprint density at radius 1 is 1.28 bits per heavy atom. The second-order valence-electron chi connectivity index (χ2n) is 3.97. The van der Waals surface area contributed by atoms with Gasteiger partial charge in [0, 0.05) is 6.42 Å². The number of carbonyl (C=O) groups is 2. The zero-order chi connectivity index (χ0) is 13.6. The summed E-state index contributed by atoms with van der Waals surface area (Å²) in [6.07, 6.45) is 2.91. The molecule has 0 heterocycles. The molecule has 1 aliphatic rings. The van der Waals surface area contributed by atoms with E-state index in [2.05, 4.69) is 0 Å². The molecule has 0 aromatic carbocycles. The number of ether oxygens (including phenoxy) is 2. The fraction of sp³-hybridized carbons (Fsp3) is 0.667. The van der Waals surface area contributed by atoms with Crippen molar-refractivity contribution in [1.82, 2.24) is 0 Å². The zero-order valence-corrected chi connectivity index (χ0v) is 12.7. The monoisotopic (exact) mass is 368 g/mol. The van der Waals surface area contributed by atoms with Gasteiger partial charge in [0.15, 0.2) is 28.4 Å². The molecule has 0 bridgehead atoms. The van der Waals surface area contributed by atoms with Crippen molar-refractivity contribution in [3.05, 3.63) is 11.8 Å². The van der Waals surface area contributed by atoms with Gasteiger partial charge in [0.05, 0.1) is 13.2 Å². The lowest BCUT2D eigenvalue weighted by Gasteiger charge is -2.30. The number of halogens is 1. The van der Waals surface area contributed by atoms with Crippen molar-refractivity contribution in [2.24, 2.45) is 5.41 Å². The number of carbonyl (C=O) groups excluding carboxylic acids is 2. The quantitative estimate of drug-likeness (QED) is 0.424. The SMILES string of the molecule is CCOC(=O)C1(C(=O)OCC)CC=C(OI)CC1. The minimum absolute atomic E-state index is 0.249. The van der Waals surface area contributed by atoms with Crippen LogP contribution in [0.2, 0.25) is 0 Å². The summed E-state index contributed by atoms with van der Waals surface area (Å²) in [5.74, 6) is -0.237. The topological polar surface area (TPSA) is 61.8 Å². The minimum Gasteiger partial charge on any atom is -0.465 e. The van der Waals surface area contributed by atoms with Crippen LogP contribution in [0.5, 0.6) is 0 Å². The van der Waals surface area contributed by atoms with E-state index in [0.29, 0.717) is 12.8 Å². The first-order valence-corrected chi connectivity index (χ1v) is 6.80. The van der Waals surface area contributed by atoms with Crippen molar-refractivity contribution < 1.29 is 22.1 Å². The molecule has 0 saturated carbocycles. The Hall–Kier alpha value is -0.790. The summed E-state index contributed by atoms with van der Waals surface area (Å²) in [6.45, 7) is 3.93. The molecule has 0 fully saturated rings. The average Bonchev–Trinajstić information content (AvgIpc) is 2.39. The van der Waals surface area contributed by atoms with E-state index in [-0.39, 0.29) is 19.6 Å². The third-order valence-electron chi connectivity index (χ3n) is 2.91. The van der Waals surface area contributed by atoms with Crippen LogP contribution in [0.1, 0.15) is 33.1 Å². The Kier molecular flexibility index (Phi) is 5.90. The molecule has 102 valence electrons. The van der Waals surface area contributed by atoms with E-state index < -0.39 is 17.4 Å². The van der Waals surface area contributed by atoms with Gasteiger partial charge in [0.25, 0.3) is 0 Å². The lowest BCUT2D eigenvalue weighted by atomic mass is 9.76. The highest BCUT2D eigenvalue weighted by molar-refractivity contribution is 14.1. The standard InChI is InChI=1S/C12H17IO5/c1-3-16-10(14)12(11(15)17-4-2)7-5-9(18-13)6-8-12/h5H,3-4,6-8H2,1-2H3. The molecule has 0 aromatic rings. The van der Waals surface area contributed by atoms with Crippen LogP contribution in [0, 0.1) is 5.41 Å². The van der Waals surface area contributed by atoms with E-state index >= 15 is 0 Å². The van der Waals surface area contributed by atoms with E-state index in [1.54, 1.807) is 42.9 Å². The van der Waals surface area contributed by atoms with Gasteiger partial charge in [-0.3, -0.25) is 9.59 Å². The van der Waals surface area contributed by atoms with Gasteiger partial charge in [-0.05, 0) is 32.8 Å². The Morgan fingerprint density at radius 2 is 1.83 bits per heavy atom. The fourth-order valence-electron chi connectivity index (χ4n) is 1.89. The maximum atomic E-state index is 12.0. The third-order valence-corrected chi connectivity index (χ3v) is 3.47. The summed E-state index contributed by atoms with van der Waals surface area (Å²) < 4.78 is 15.1. The number of hydrogen-bond donors (Lipinski definition) is 0. The van der Waals surface area contributed by atoms with Crippen LogP contribution < -0.4 is 0 Å². The summed E-state index contributed by atoms with van der Waals surface area (Å²) in [5, 5.41) is 0. The van der Waals surface area contributed by atoms with Crippen molar-refractivity contribution in [3.63, 3.8) is 0 Å². The molecule has 1 aliphatic carbocycles. The van der Waals surface area contributed by atoms with Gasteiger partial charge in [0.2, 0.25) is 0 Å². The molecule has 0 radical (unpaired) electrons. The normalized spacial score (nSPS) is 17.6. The number of esters is 2. The molecular formula is C12H17IO5. The van der Waals surface area contributed by atoms with Crippen molar-refractivity contribution in [3.8, 4) is 0 Å². The summed E-state index contributed by atoms with van der Waals surface area (Å²) in [4.78, 5) is 24.1. The van der Waals surface area contributed by atoms with Crippen LogP contribution in [-0.2, 0) is 22.1 Å². The first kappa shape index (κ1) is 15.3. The maximum Gasteiger partial charge on any atom is 0.323 e. The van der Waals surface area contributed by atoms with E-state index in [0.717, 1.165) is 5.76 Å². The molecule has 6 heteroatoms. The predicted octanol–water partition coefficient (Wildman–Crippen LogP) is 2.53. The Morgan fingerprint density at radius 3 is 2.17 bits per heavy atom. The minimum atomic E-state index is -1.20. The molecule has 0 unspecified atom stereocenters. The van der Waals surface area contributed by atoms with Crippen LogP contribution in [0.4, 0.5) is 0 Å². The number of allylic oxidation sites excluding steroid dienone is 2. The van der Waals surface area contributed by atoms with Crippen molar-refractivity contribution in [2.75, 3.05) is 13.2 Å².